The van der Waals surface area contributed by atoms with E-state index in [0.29, 0.717) is 6.54 Å². The van der Waals surface area contributed by atoms with Crippen LogP contribution >= 0.6 is 0 Å². The van der Waals surface area contributed by atoms with Crippen molar-refractivity contribution in [3.05, 3.63) is 41.7 Å². The molecular weight excluding hydrogens is 228 g/mol. The number of nitrogens with zero attached hydrogens (tertiary/aromatic N) is 3. The molecule has 0 aliphatic carbocycles. The quantitative estimate of drug-likeness (QED) is 0.832. The molecule has 5 nitrogen and oxygen atoms in total. The van der Waals surface area contributed by atoms with E-state index in [2.05, 4.69) is 10.3 Å². The van der Waals surface area contributed by atoms with E-state index in [0.717, 1.165) is 30.8 Å². The van der Waals surface area contributed by atoms with Crippen molar-refractivity contribution >= 4 is 0 Å². The molecule has 0 radical (unpaired) electrons. The van der Waals surface area contributed by atoms with Crippen molar-refractivity contribution < 1.29 is 4.74 Å². The number of hydrogen-bond donors (Lipinski definition) is 1. The second-order valence-electron chi connectivity index (χ2n) is 4.15. The van der Waals surface area contributed by atoms with Gasteiger partial charge in [0.15, 0.2) is 0 Å². The Kier molecular flexibility index (Phi) is 4.30. The molecule has 2 aromatic rings. The minimum absolute atomic E-state index is 0.686. The number of nitrogens with two attached hydrogens (primary N) is 1. The van der Waals surface area contributed by atoms with Gasteiger partial charge in [-0.3, -0.25) is 0 Å². The molecule has 1 aromatic heterocycles. The summed E-state index contributed by atoms with van der Waals surface area (Å²) >= 11 is 0. The van der Waals surface area contributed by atoms with E-state index < -0.39 is 0 Å². The number of rotatable bonds is 6. The fraction of sp³-hybridized carbons (Fsp3) is 0.385. The lowest BCUT2D eigenvalue weighted by atomic mass is 10.2. The molecule has 0 aliphatic heterocycles. The van der Waals surface area contributed by atoms with Crippen LogP contribution in [-0.2, 0) is 13.0 Å². The zero-order valence-corrected chi connectivity index (χ0v) is 10.5. The van der Waals surface area contributed by atoms with Crippen molar-refractivity contribution in [3.8, 4) is 5.75 Å². The predicted molar refractivity (Wildman–Crippen MR) is 69.5 cm³/mol. The van der Waals surface area contributed by atoms with Crippen LogP contribution in [0.25, 0.3) is 0 Å². The van der Waals surface area contributed by atoms with Gasteiger partial charge >= 0.3 is 0 Å². The van der Waals surface area contributed by atoms with Gasteiger partial charge in [-0.2, -0.15) is 0 Å². The zero-order valence-electron chi connectivity index (χ0n) is 10.5. The summed E-state index contributed by atoms with van der Waals surface area (Å²) in [5.41, 5.74) is 7.63. The first-order valence-corrected chi connectivity index (χ1v) is 6.04. The Morgan fingerprint density at radius 1 is 1.28 bits per heavy atom. The molecule has 0 aliphatic rings. The van der Waals surface area contributed by atoms with Crippen LogP contribution in [-0.4, -0.2) is 28.6 Å². The molecule has 0 fully saturated rings. The van der Waals surface area contributed by atoms with E-state index in [9.17, 15) is 0 Å². The van der Waals surface area contributed by atoms with E-state index in [1.807, 2.05) is 35.1 Å². The molecule has 0 atom stereocenters. The number of aromatic nitrogens is 3. The Bertz CT molecular complexity index is 478. The molecule has 0 saturated heterocycles. The highest BCUT2D eigenvalue weighted by atomic mass is 16.5. The Balaban J connectivity index is 1.97. The molecule has 0 spiro atoms. The van der Waals surface area contributed by atoms with Gasteiger partial charge in [-0.25, -0.2) is 4.68 Å². The highest BCUT2D eigenvalue weighted by Crippen LogP contribution is 2.12. The lowest BCUT2D eigenvalue weighted by Crippen LogP contribution is -2.01. The topological polar surface area (TPSA) is 66.0 Å². The summed E-state index contributed by atoms with van der Waals surface area (Å²) in [6.45, 7) is 1.41. The predicted octanol–water partition coefficient (Wildman–Crippen LogP) is 1.23. The smallest absolute Gasteiger partial charge is 0.118 e. The number of aryl methyl sites for hydroxylation is 1. The molecule has 1 aromatic carbocycles. The third-order valence-electron chi connectivity index (χ3n) is 2.73. The van der Waals surface area contributed by atoms with Crippen LogP contribution in [0.3, 0.4) is 0 Å². The molecule has 0 saturated carbocycles. The standard InChI is InChI=1S/C13H18N4O/c1-18-13-6-4-11(5-7-13)9-17-10-12(15-16-17)3-2-8-14/h4-7,10H,2-3,8-9,14H2,1H3. The summed E-state index contributed by atoms with van der Waals surface area (Å²) < 4.78 is 6.96. The molecule has 1 heterocycles. The van der Waals surface area contributed by atoms with Gasteiger partial charge in [-0.15, -0.1) is 5.10 Å². The fourth-order valence-electron chi connectivity index (χ4n) is 1.73. The van der Waals surface area contributed by atoms with Crippen molar-refractivity contribution in [1.29, 1.82) is 0 Å². The van der Waals surface area contributed by atoms with Gasteiger partial charge in [0, 0.05) is 6.20 Å². The van der Waals surface area contributed by atoms with Crippen molar-refractivity contribution in [1.82, 2.24) is 15.0 Å². The normalized spacial score (nSPS) is 10.6. The maximum atomic E-state index is 5.47. The van der Waals surface area contributed by atoms with E-state index in [-0.39, 0.29) is 0 Å². The molecule has 2 N–H and O–H groups in total. The summed E-state index contributed by atoms with van der Waals surface area (Å²) in [7, 11) is 1.66. The van der Waals surface area contributed by atoms with Crippen LogP contribution in [0.1, 0.15) is 17.7 Å². The average molecular weight is 246 g/mol. The van der Waals surface area contributed by atoms with E-state index in [1.165, 1.54) is 5.56 Å². The largest absolute Gasteiger partial charge is 0.497 e. The number of benzene rings is 1. The third kappa shape index (κ3) is 3.30. The molecule has 2 rings (SSSR count). The Morgan fingerprint density at radius 3 is 2.72 bits per heavy atom. The summed E-state index contributed by atoms with van der Waals surface area (Å²) in [5, 5.41) is 8.22. The van der Waals surface area contributed by atoms with Gasteiger partial charge in [0.2, 0.25) is 0 Å². The maximum absolute atomic E-state index is 5.47. The Labute approximate surface area is 107 Å². The van der Waals surface area contributed by atoms with Crippen LogP contribution in [0.5, 0.6) is 5.75 Å². The minimum atomic E-state index is 0.686. The summed E-state index contributed by atoms with van der Waals surface area (Å²) in [6, 6.07) is 7.95. The first kappa shape index (κ1) is 12.6. The SMILES string of the molecule is COc1ccc(Cn2cc(CCCN)nn2)cc1. The highest BCUT2D eigenvalue weighted by molar-refractivity contribution is 5.27. The van der Waals surface area contributed by atoms with E-state index in [1.54, 1.807) is 7.11 Å². The monoisotopic (exact) mass is 246 g/mol. The van der Waals surface area contributed by atoms with E-state index in [4.69, 9.17) is 10.5 Å². The minimum Gasteiger partial charge on any atom is -0.497 e. The molecule has 0 unspecified atom stereocenters. The lowest BCUT2D eigenvalue weighted by Gasteiger charge is -2.02. The van der Waals surface area contributed by atoms with Crippen molar-refractivity contribution in [2.45, 2.75) is 19.4 Å². The molecular formula is C13H18N4O. The highest BCUT2D eigenvalue weighted by Gasteiger charge is 2.01. The van der Waals surface area contributed by atoms with Crippen molar-refractivity contribution in [2.75, 3.05) is 13.7 Å². The maximum Gasteiger partial charge on any atom is 0.118 e. The van der Waals surface area contributed by atoms with Gasteiger partial charge in [0.1, 0.15) is 5.75 Å². The van der Waals surface area contributed by atoms with Gasteiger partial charge in [-0.1, -0.05) is 17.3 Å². The molecule has 5 heteroatoms. The van der Waals surface area contributed by atoms with Crippen LogP contribution in [0.4, 0.5) is 0 Å². The van der Waals surface area contributed by atoms with E-state index >= 15 is 0 Å². The van der Waals surface area contributed by atoms with Crippen molar-refractivity contribution in [2.24, 2.45) is 5.73 Å². The van der Waals surface area contributed by atoms with Crippen LogP contribution in [0.2, 0.25) is 0 Å². The summed E-state index contributed by atoms with van der Waals surface area (Å²) in [4.78, 5) is 0. The third-order valence-corrected chi connectivity index (χ3v) is 2.73. The van der Waals surface area contributed by atoms with Crippen molar-refractivity contribution in [3.63, 3.8) is 0 Å². The van der Waals surface area contributed by atoms with Crippen LogP contribution in [0.15, 0.2) is 30.5 Å². The van der Waals surface area contributed by atoms with Crippen LogP contribution in [0, 0.1) is 0 Å². The first-order valence-electron chi connectivity index (χ1n) is 6.04. The van der Waals surface area contributed by atoms with Crippen LogP contribution < -0.4 is 10.5 Å². The molecule has 0 amide bonds. The Morgan fingerprint density at radius 2 is 2.06 bits per heavy atom. The molecule has 96 valence electrons. The lowest BCUT2D eigenvalue weighted by molar-refractivity contribution is 0.414. The number of methoxy groups -OCH3 is 1. The van der Waals surface area contributed by atoms with Gasteiger partial charge in [0.05, 0.1) is 19.3 Å². The number of hydrogen-bond acceptors (Lipinski definition) is 4. The fourth-order valence-corrected chi connectivity index (χ4v) is 1.73. The Hall–Kier alpha value is -1.88. The second kappa shape index (κ2) is 6.16. The molecule has 18 heavy (non-hydrogen) atoms. The van der Waals surface area contributed by atoms with Gasteiger partial charge < -0.3 is 10.5 Å². The van der Waals surface area contributed by atoms with Gasteiger partial charge in [0.25, 0.3) is 0 Å². The second-order valence-corrected chi connectivity index (χ2v) is 4.15. The summed E-state index contributed by atoms with van der Waals surface area (Å²) in [6.07, 6.45) is 3.81. The molecule has 0 bridgehead atoms. The number of ether oxygens (including phenoxy) is 1. The first-order chi connectivity index (χ1) is 8.81. The summed E-state index contributed by atoms with van der Waals surface area (Å²) in [5.74, 6) is 0.862. The van der Waals surface area contributed by atoms with Gasteiger partial charge in [-0.05, 0) is 37.1 Å². The zero-order chi connectivity index (χ0) is 12.8. The average Bonchev–Trinajstić information content (AvgIpc) is 2.85.